The largest absolute Gasteiger partial charge is 0.489 e. The Kier molecular flexibility index (Phi) is 5.34. The third kappa shape index (κ3) is 4.53. The molecule has 0 amide bonds. The normalized spacial score (nSPS) is 23.2. The van der Waals surface area contributed by atoms with Crippen LogP contribution in [-0.2, 0) is 0 Å². The first kappa shape index (κ1) is 14.9. The van der Waals surface area contributed by atoms with E-state index in [-0.39, 0.29) is 6.61 Å². The molecule has 2 rings (SSSR count). The molecule has 19 heavy (non-hydrogen) atoms. The second-order valence-corrected chi connectivity index (χ2v) is 5.80. The van der Waals surface area contributed by atoms with Gasteiger partial charge in [-0.1, -0.05) is 36.5 Å². The number of halogens is 2. The molecule has 1 aliphatic carbocycles. The molecule has 5 heteroatoms. The monoisotopic (exact) mass is 303 g/mol. The van der Waals surface area contributed by atoms with Crippen molar-refractivity contribution < 1.29 is 9.84 Å². The SMILES string of the molecule is CCC1CC1NCC(O)COc1ccc(Cl)cc1Cl. The Labute approximate surface area is 123 Å². The average molecular weight is 304 g/mol. The van der Waals surface area contributed by atoms with Gasteiger partial charge in [-0.2, -0.15) is 0 Å². The maximum Gasteiger partial charge on any atom is 0.138 e. The van der Waals surface area contributed by atoms with E-state index in [1.165, 1.54) is 12.8 Å². The van der Waals surface area contributed by atoms with Gasteiger partial charge in [0.1, 0.15) is 18.5 Å². The lowest BCUT2D eigenvalue weighted by Gasteiger charge is -2.14. The lowest BCUT2D eigenvalue weighted by Crippen LogP contribution is -2.33. The van der Waals surface area contributed by atoms with Crippen LogP contribution in [0.2, 0.25) is 10.0 Å². The van der Waals surface area contributed by atoms with Crippen molar-refractivity contribution in [3.05, 3.63) is 28.2 Å². The standard InChI is InChI=1S/C14H19Cl2NO2/c1-2-9-5-13(9)17-7-11(18)8-19-14-4-3-10(15)6-12(14)16/h3-4,6,9,11,13,17-18H,2,5,7-8H2,1H3. The van der Waals surface area contributed by atoms with Gasteiger partial charge < -0.3 is 15.2 Å². The Morgan fingerprint density at radius 1 is 1.47 bits per heavy atom. The number of hydrogen-bond acceptors (Lipinski definition) is 3. The van der Waals surface area contributed by atoms with Crippen LogP contribution in [0.3, 0.4) is 0 Å². The van der Waals surface area contributed by atoms with Crippen LogP contribution in [0.1, 0.15) is 19.8 Å². The summed E-state index contributed by atoms with van der Waals surface area (Å²) in [6.07, 6.45) is 1.88. The predicted molar refractivity (Wildman–Crippen MR) is 78.2 cm³/mol. The van der Waals surface area contributed by atoms with Crippen molar-refractivity contribution in [2.75, 3.05) is 13.2 Å². The third-order valence-corrected chi connectivity index (χ3v) is 3.92. The van der Waals surface area contributed by atoms with Gasteiger partial charge in [0.25, 0.3) is 0 Å². The topological polar surface area (TPSA) is 41.5 Å². The lowest BCUT2D eigenvalue weighted by molar-refractivity contribution is 0.106. The summed E-state index contributed by atoms with van der Waals surface area (Å²) in [6.45, 7) is 2.96. The van der Waals surface area contributed by atoms with E-state index in [1.807, 2.05) is 0 Å². The van der Waals surface area contributed by atoms with Gasteiger partial charge in [-0.05, 0) is 30.5 Å². The Hall–Kier alpha value is -0.480. The van der Waals surface area contributed by atoms with Crippen LogP contribution >= 0.6 is 23.2 Å². The number of rotatable bonds is 7. The van der Waals surface area contributed by atoms with Crippen molar-refractivity contribution in [3.63, 3.8) is 0 Å². The molecular formula is C14H19Cl2NO2. The van der Waals surface area contributed by atoms with Crippen molar-refractivity contribution in [3.8, 4) is 5.75 Å². The van der Waals surface area contributed by atoms with Crippen LogP contribution in [0.25, 0.3) is 0 Å². The van der Waals surface area contributed by atoms with Crippen molar-refractivity contribution in [1.29, 1.82) is 0 Å². The fourth-order valence-corrected chi connectivity index (χ4v) is 2.54. The molecule has 3 unspecified atom stereocenters. The third-order valence-electron chi connectivity index (χ3n) is 3.39. The fraction of sp³-hybridized carbons (Fsp3) is 0.571. The molecule has 2 N–H and O–H groups in total. The predicted octanol–water partition coefficient (Wildman–Crippen LogP) is 3.12. The minimum Gasteiger partial charge on any atom is -0.489 e. The molecule has 1 fully saturated rings. The average Bonchev–Trinajstić information content (AvgIpc) is 3.14. The van der Waals surface area contributed by atoms with Crippen molar-refractivity contribution in [2.24, 2.45) is 5.92 Å². The molecule has 1 aromatic carbocycles. The summed E-state index contributed by atoms with van der Waals surface area (Å²) in [7, 11) is 0. The molecule has 1 aromatic rings. The highest BCUT2D eigenvalue weighted by molar-refractivity contribution is 6.35. The van der Waals surface area contributed by atoms with E-state index >= 15 is 0 Å². The maximum absolute atomic E-state index is 9.83. The van der Waals surface area contributed by atoms with Gasteiger partial charge in [0, 0.05) is 17.6 Å². The second-order valence-electron chi connectivity index (χ2n) is 4.96. The molecule has 0 spiro atoms. The van der Waals surface area contributed by atoms with E-state index in [0.717, 1.165) is 5.92 Å². The Morgan fingerprint density at radius 2 is 2.26 bits per heavy atom. The molecule has 0 aliphatic heterocycles. The van der Waals surface area contributed by atoms with E-state index in [2.05, 4.69) is 12.2 Å². The molecule has 3 nitrogen and oxygen atoms in total. The fourth-order valence-electron chi connectivity index (χ4n) is 2.07. The quantitative estimate of drug-likeness (QED) is 0.813. The number of ether oxygens (including phenoxy) is 1. The van der Waals surface area contributed by atoms with Crippen LogP contribution in [0.4, 0.5) is 0 Å². The Bertz CT molecular complexity index is 428. The molecule has 1 saturated carbocycles. The van der Waals surface area contributed by atoms with Crippen LogP contribution in [0, 0.1) is 5.92 Å². The summed E-state index contributed by atoms with van der Waals surface area (Å²) in [5.74, 6) is 1.32. The number of aliphatic hydroxyl groups excluding tert-OH is 1. The molecular weight excluding hydrogens is 285 g/mol. The molecule has 0 bridgehead atoms. The zero-order valence-electron chi connectivity index (χ0n) is 10.9. The number of benzene rings is 1. The smallest absolute Gasteiger partial charge is 0.138 e. The summed E-state index contributed by atoms with van der Waals surface area (Å²) < 4.78 is 5.48. The molecule has 0 saturated heterocycles. The first-order valence-electron chi connectivity index (χ1n) is 6.59. The van der Waals surface area contributed by atoms with E-state index in [9.17, 15) is 5.11 Å². The minimum atomic E-state index is -0.537. The van der Waals surface area contributed by atoms with Gasteiger partial charge in [-0.15, -0.1) is 0 Å². The highest BCUT2D eigenvalue weighted by Crippen LogP contribution is 2.33. The second kappa shape index (κ2) is 6.80. The van der Waals surface area contributed by atoms with Crippen molar-refractivity contribution in [2.45, 2.75) is 31.9 Å². The molecule has 3 atom stereocenters. The summed E-state index contributed by atoms with van der Waals surface area (Å²) in [4.78, 5) is 0. The van der Waals surface area contributed by atoms with Crippen LogP contribution in [0.5, 0.6) is 5.75 Å². The van der Waals surface area contributed by atoms with Gasteiger partial charge >= 0.3 is 0 Å². The van der Waals surface area contributed by atoms with Crippen molar-refractivity contribution in [1.82, 2.24) is 5.32 Å². The maximum atomic E-state index is 9.83. The number of hydrogen-bond donors (Lipinski definition) is 2. The van der Waals surface area contributed by atoms with Gasteiger partial charge in [0.15, 0.2) is 0 Å². The summed E-state index contributed by atoms with van der Waals surface area (Å²) >= 11 is 11.8. The van der Waals surface area contributed by atoms with E-state index < -0.39 is 6.10 Å². The number of nitrogens with one attached hydrogen (secondary N) is 1. The van der Waals surface area contributed by atoms with Gasteiger partial charge in [-0.3, -0.25) is 0 Å². The first-order valence-corrected chi connectivity index (χ1v) is 7.35. The lowest BCUT2D eigenvalue weighted by atomic mass is 10.3. The van der Waals surface area contributed by atoms with Crippen molar-refractivity contribution >= 4 is 23.2 Å². The molecule has 0 heterocycles. The molecule has 106 valence electrons. The highest BCUT2D eigenvalue weighted by Gasteiger charge is 2.34. The molecule has 0 radical (unpaired) electrons. The summed E-state index contributed by atoms with van der Waals surface area (Å²) in [6, 6.07) is 5.61. The zero-order valence-corrected chi connectivity index (χ0v) is 12.4. The Balaban J connectivity index is 1.69. The summed E-state index contributed by atoms with van der Waals surface area (Å²) in [5.41, 5.74) is 0. The van der Waals surface area contributed by atoms with E-state index in [0.29, 0.717) is 28.4 Å². The minimum absolute atomic E-state index is 0.220. The van der Waals surface area contributed by atoms with Crippen LogP contribution in [-0.4, -0.2) is 30.4 Å². The number of aliphatic hydroxyl groups is 1. The van der Waals surface area contributed by atoms with E-state index in [1.54, 1.807) is 18.2 Å². The van der Waals surface area contributed by atoms with E-state index in [4.69, 9.17) is 27.9 Å². The van der Waals surface area contributed by atoms with Gasteiger partial charge in [0.2, 0.25) is 0 Å². The van der Waals surface area contributed by atoms with Crippen LogP contribution < -0.4 is 10.1 Å². The van der Waals surface area contributed by atoms with Gasteiger partial charge in [-0.25, -0.2) is 0 Å². The highest BCUT2D eigenvalue weighted by atomic mass is 35.5. The summed E-state index contributed by atoms with van der Waals surface area (Å²) in [5, 5.41) is 14.2. The first-order chi connectivity index (χ1) is 9.10. The van der Waals surface area contributed by atoms with Gasteiger partial charge in [0.05, 0.1) is 5.02 Å². The van der Waals surface area contributed by atoms with Crippen LogP contribution in [0.15, 0.2) is 18.2 Å². The molecule has 1 aliphatic rings. The Morgan fingerprint density at radius 3 is 2.89 bits per heavy atom. The zero-order chi connectivity index (χ0) is 13.8. The molecule has 0 aromatic heterocycles.